The lowest BCUT2D eigenvalue weighted by atomic mass is 9.82. The number of aliphatic hydroxyl groups excluding tert-OH is 1. The molecular formula is C14H22N4O3. The van der Waals surface area contributed by atoms with E-state index in [0.29, 0.717) is 17.6 Å². The van der Waals surface area contributed by atoms with E-state index in [1.165, 1.54) is 12.1 Å². The van der Waals surface area contributed by atoms with E-state index in [-0.39, 0.29) is 11.8 Å². The van der Waals surface area contributed by atoms with Gasteiger partial charge >= 0.3 is 0 Å². The van der Waals surface area contributed by atoms with Crippen LogP contribution >= 0.6 is 0 Å². The highest BCUT2D eigenvalue weighted by Crippen LogP contribution is 2.30. The summed E-state index contributed by atoms with van der Waals surface area (Å²) in [5.74, 6) is 1.55. The van der Waals surface area contributed by atoms with Gasteiger partial charge in [-0.1, -0.05) is 6.92 Å². The second kappa shape index (κ2) is 6.71. The lowest BCUT2D eigenvalue weighted by Crippen LogP contribution is -2.37. The normalized spacial score (nSPS) is 20.7. The third kappa shape index (κ3) is 4.04. The van der Waals surface area contributed by atoms with E-state index in [9.17, 15) is 15.2 Å². The summed E-state index contributed by atoms with van der Waals surface area (Å²) in [5, 5.41) is 23.5. The van der Waals surface area contributed by atoms with Gasteiger partial charge in [0.25, 0.3) is 5.69 Å². The number of anilines is 2. The average Bonchev–Trinajstić information content (AvgIpc) is 2.43. The summed E-state index contributed by atoms with van der Waals surface area (Å²) >= 11 is 0. The summed E-state index contributed by atoms with van der Waals surface area (Å²) in [5.41, 5.74) is 0.0408. The molecule has 1 aromatic heterocycles. The molecule has 0 amide bonds. The molecule has 0 unspecified atom stereocenters. The molecule has 0 saturated heterocycles. The monoisotopic (exact) mass is 294 g/mol. The highest BCUT2D eigenvalue weighted by Gasteiger charge is 2.28. The van der Waals surface area contributed by atoms with Gasteiger partial charge in [0.1, 0.15) is 11.6 Å². The van der Waals surface area contributed by atoms with E-state index in [4.69, 9.17) is 0 Å². The first-order valence-corrected chi connectivity index (χ1v) is 7.29. The highest BCUT2D eigenvalue weighted by molar-refractivity contribution is 5.55. The van der Waals surface area contributed by atoms with Crippen LogP contribution in [0.1, 0.15) is 26.2 Å². The van der Waals surface area contributed by atoms with Crippen molar-refractivity contribution in [1.82, 2.24) is 4.98 Å². The van der Waals surface area contributed by atoms with Gasteiger partial charge in [0.05, 0.1) is 23.2 Å². The van der Waals surface area contributed by atoms with E-state index in [1.807, 2.05) is 18.9 Å². The topological polar surface area (TPSA) is 91.5 Å². The maximum atomic E-state index is 11.0. The Morgan fingerprint density at radius 2 is 2.24 bits per heavy atom. The fourth-order valence-corrected chi connectivity index (χ4v) is 2.48. The van der Waals surface area contributed by atoms with Gasteiger partial charge in [-0.05, 0) is 25.2 Å². The summed E-state index contributed by atoms with van der Waals surface area (Å²) < 4.78 is 0. The van der Waals surface area contributed by atoms with Crippen molar-refractivity contribution in [2.75, 3.05) is 30.4 Å². The Balaban J connectivity index is 2.12. The second-order valence-corrected chi connectivity index (χ2v) is 5.62. The van der Waals surface area contributed by atoms with Gasteiger partial charge in [0.15, 0.2) is 0 Å². The van der Waals surface area contributed by atoms with Crippen LogP contribution in [0.3, 0.4) is 0 Å². The molecule has 7 nitrogen and oxygen atoms in total. The standard InChI is InChI=1S/C14H22N4O3/c1-3-4-15-13-7-11(18(20)21)8-14(16-13)17(2)9-10-5-12(19)6-10/h7-8,10,12,19H,3-6,9H2,1-2H3,(H,15,16). The molecule has 1 heterocycles. The van der Waals surface area contributed by atoms with Crippen LogP contribution in [0.25, 0.3) is 0 Å². The van der Waals surface area contributed by atoms with Crippen LogP contribution in [0.4, 0.5) is 17.3 Å². The molecule has 2 N–H and O–H groups in total. The first-order chi connectivity index (χ1) is 9.99. The van der Waals surface area contributed by atoms with E-state index < -0.39 is 4.92 Å². The molecule has 0 bridgehead atoms. The predicted octanol–water partition coefficient (Wildman–Crippen LogP) is 2.02. The van der Waals surface area contributed by atoms with Crippen molar-refractivity contribution in [3.8, 4) is 0 Å². The molecule has 2 rings (SSSR count). The fourth-order valence-electron chi connectivity index (χ4n) is 2.48. The van der Waals surface area contributed by atoms with Gasteiger partial charge in [-0.15, -0.1) is 0 Å². The van der Waals surface area contributed by atoms with Gasteiger partial charge in [-0.25, -0.2) is 4.98 Å². The van der Waals surface area contributed by atoms with Crippen molar-refractivity contribution in [3.05, 3.63) is 22.2 Å². The Morgan fingerprint density at radius 3 is 2.81 bits per heavy atom. The van der Waals surface area contributed by atoms with E-state index in [2.05, 4.69) is 10.3 Å². The largest absolute Gasteiger partial charge is 0.393 e. The van der Waals surface area contributed by atoms with Crippen molar-refractivity contribution < 1.29 is 10.0 Å². The number of nitrogens with zero attached hydrogens (tertiary/aromatic N) is 3. The SMILES string of the molecule is CCCNc1cc([N+](=O)[O-])cc(N(C)CC2CC(O)C2)n1. The molecule has 1 aromatic rings. The van der Waals surface area contributed by atoms with Gasteiger partial charge in [-0.2, -0.15) is 0 Å². The zero-order valence-corrected chi connectivity index (χ0v) is 12.5. The van der Waals surface area contributed by atoms with Crippen LogP contribution in [0.2, 0.25) is 0 Å². The fraction of sp³-hybridized carbons (Fsp3) is 0.643. The molecular weight excluding hydrogens is 272 g/mol. The predicted molar refractivity (Wildman–Crippen MR) is 81.7 cm³/mol. The molecule has 0 aromatic carbocycles. The maximum absolute atomic E-state index is 11.0. The van der Waals surface area contributed by atoms with E-state index in [0.717, 1.165) is 32.4 Å². The third-order valence-corrected chi connectivity index (χ3v) is 3.70. The lowest BCUT2D eigenvalue weighted by molar-refractivity contribution is -0.384. The minimum Gasteiger partial charge on any atom is -0.393 e. The number of nitrogens with one attached hydrogen (secondary N) is 1. The Labute approximate surface area is 124 Å². The zero-order chi connectivity index (χ0) is 15.4. The summed E-state index contributed by atoms with van der Waals surface area (Å²) in [4.78, 5) is 17.0. The average molecular weight is 294 g/mol. The second-order valence-electron chi connectivity index (χ2n) is 5.62. The van der Waals surface area contributed by atoms with Crippen molar-refractivity contribution in [2.24, 2.45) is 5.92 Å². The molecule has 0 aliphatic heterocycles. The summed E-state index contributed by atoms with van der Waals surface area (Å²) in [6.45, 7) is 3.50. The number of aliphatic hydroxyl groups is 1. The number of nitro groups is 1. The molecule has 21 heavy (non-hydrogen) atoms. The molecule has 1 aliphatic rings. The Kier molecular flexibility index (Phi) is 4.95. The Bertz CT molecular complexity index is 503. The zero-order valence-electron chi connectivity index (χ0n) is 12.5. The quantitative estimate of drug-likeness (QED) is 0.590. The van der Waals surface area contributed by atoms with Gasteiger partial charge in [0, 0.05) is 20.1 Å². The van der Waals surface area contributed by atoms with Crippen LogP contribution < -0.4 is 10.2 Å². The van der Waals surface area contributed by atoms with E-state index >= 15 is 0 Å². The van der Waals surface area contributed by atoms with Crippen molar-refractivity contribution in [2.45, 2.75) is 32.3 Å². The van der Waals surface area contributed by atoms with Crippen LogP contribution in [0, 0.1) is 16.0 Å². The number of hydrogen-bond donors (Lipinski definition) is 2. The molecule has 7 heteroatoms. The summed E-state index contributed by atoms with van der Waals surface area (Å²) in [6, 6.07) is 2.95. The van der Waals surface area contributed by atoms with Crippen LogP contribution in [0.5, 0.6) is 0 Å². The molecule has 0 spiro atoms. The number of rotatable bonds is 7. The number of aromatic nitrogens is 1. The third-order valence-electron chi connectivity index (χ3n) is 3.70. The maximum Gasteiger partial charge on any atom is 0.276 e. The first kappa shape index (κ1) is 15.5. The smallest absolute Gasteiger partial charge is 0.276 e. The molecule has 1 fully saturated rings. The van der Waals surface area contributed by atoms with Crippen LogP contribution in [-0.2, 0) is 0 Å². The molecule has 1 saturated carbocycles. The highest BCUT2D eigenvalue weighted by atomic mass is 16.6. The van der Waals surface area contributed by atoms with Gasteiger partial charge in [0.2, 0.25) is 0 Å². The molecule has 0 atom stereocenters. The van der Waals surface area contributed by atoms with E-state index in [1.54, 1.807) is 0 Å². The first-order valence-electron chi connectivity index (χ1n) is 7.29. The van der Waals surface area contributed by atoms with Crippen molar-refractivity contribution in [3.63, 3.8) is 0 Å². The van der Waals surface area contributed by atoms with Crippen LogP contribution in [0.15, 0.2) is 12.1 Å². The van der Waals surface area contributed by atoms with Gasteiger partial charge < -0.3 is 15.3 Å². The molecule has 1 aliphatic carbocycles. The van der Waals surface area contributed by atoms with Crippen molar-refractivity contribution in [1.29, 1.82) is 0 Å². The summed E-state index contributed by atoms with van der Waals surface area (Å²) in [7, 11) is 1.88. The lowest BCUT2D eigenvalue weighted by Gasteiger charge is -2.34. The number of hydrogen-bond acceptors (Lipinski definition) is 6. The molecule has 116 valence electrons. The number of pyridine rings is 1. The minimum atomic E-state index is -0.400. The minimum absolute atomic E-state index is 0.0408. The van der Waals surface area contributed by atoms with Crippen LogP contribution in [-0.4, -0.2) is 41.3 Å². The van der Waals surface area contributed by atoms with Crippen molar-refractivity contribution >= 4 is 17.3 Å². The molecule has 0 radical (unpaired) electrons. The Morgan fingerprint density at radius 1 is 1.52 bits per heavy atom. The Hall–Kier alpha value is -1.89. The summed E-state index contributed by atoms with van der Waals surface area (Å²) in [6.07, 6.45) is 2.32. The van der Waals surface area contributed by atoms with Gasteiger partial charge in [-0.3, -0.25) is 10.1 Å².